The summed E-state index contributed by atoms with van der Waals surface area (Å²) in [6.45, 7) is 14.9. The Balaban J connectivity index is 4.16. The quantitative estimate of drug-likeness (QED) is 0.872. The van der Waals surface area contributed by atoms with E-state index in [4.69, 9.17) is 0 Å². The van der Waals surface area contributed by atoms with Gasteiger partial charge in [-0.25, -0.2) is 9.59 Å². The first-order valence-corrected chi connectivity index (χ1v) is 7.13. The second-order valence-corrected chi connectivity index (χ2v) is 7.45. The van der Waals surface area contributed by atoms with Crippen LogP contribution in [0.1, 0.15) is 78.9 Å². The lowest BCUT2D eigenvalue weighted by molar-refractivity contribution is 0.0690. The summed E-state index contributed by atoms with van der Waals surface area (Å²) in [5.41, 5.74) is 0.556. The summed E-state index contributed by atoms with van der Waals surface area (Å²) in [5, 5.41) is 19.3. The van der Waals surface area contributed by atoms with Crippen LogP contribution < -0.4 is 0 Å². The van der Waals surface area contributed by atoms with Crippen molar-refractivity contribution in [2.45, 2.75) is 52.4 Å². The molecule has 0 aliphatic rings. The average molecular weight is 304 g/mol. The van der Waals surface area contributed by atoms with Gasteiger partial charge >= 0.3 is 11.9 Å². The number of hydrogen-bond acceptors (Lipinski definition) is 2. The van der Waals surface area contributed by atoms with Gasteiger partial charge in [-0.2, -0.15) is 0 Å². The molecule has 22 heavy (non-hydrogen) atoms. The van der Waals surface area contributed by atoms with Crippen LogP contribution in [0, 0.1) is 0 Å². The fourth-order valence-corrected chi connectivity index (χ4v) is 2.83. The van der Waals surface area contributed by atoms with Crippen molar-refractivity contribution in [1.29, 1.82) is 0 Å². The smallest absolute Gasteiger partial charge is 0.336 e. The highest BCUT2D eigenvalue weighted by Crippen LogP contribution is 2.39. The minimum absolute atomic E-state index is 0.0211. The third-order valence-corrected chi connectivity index (χ3v) is 3.52. The summed E-state index contributed by atoms with van der Waals surface area (Å²) in [7, 11) is 0. The standard InChI is InChI=1S/C18H24O4/c1-8-10-9-11(15(19)20)14(18(5,6)7)12(16(21)22)13(10)17(2,3)4/h8-9H,1H2,2-7H3,(H,19,20)(H,21,22). The predicted molar refractivity (Wildman–Crippen MR) is 87.9 cm³/mol. The molecular weight excluding hydrogens is 280 g/mol. The van der Waals surface area contributed by atoms with Gasteiger partial charge in [0, 0.05) is 0 Å². The fourth-order valence-electron chi connectivity index (χ4n) is 2.83. The Kier molecular flexibility index (Phi) is 4.56. The highest BCUT2D eigenvalue weighted by molar-refractivity contribution is 6.00. The zero-order valence-electron chi connectivity index (χ0n) is 14.1. The number of rotatable bonds is 3. The third-order valence-electron chi connectivity index (χ3n) is 3.52. The SMILES string of the molecule is C=Cc1cc(C(=O)O)c(C(C)(C)C)c(C(=O)O)c1C(C)(C)C. The van der Waals surface area contributed by atoms with Gasteiger partial charge in [-0.3, -0.25) is 0 Å². The van der Waals surface area contributed by atoms with E-state index in [0.29, 0.717) is 16.7 Å². The maximum atomic E-state index is 12.0. The van der Waals surface area contributed by atoms with Gasteiger partial charge in [-0.1, -0.05) is 54.2 Å². The Morgan fingerprint density at radius 1 is 0.955 bits per heavy atom. The van der Waals surface area contributed by atoms with Crippen LogP contribution in [0.5, 0.6) is 0 Å². The third kappa shape index (κ3) is 3.21. The highest BCUT2D eigenvalue weighted by atomic mass is 16.4. The molecule has 1 aromatic rings. The minimum atomic E-state index is -1.13. The number of hydrogen-bond donors (Lipinski definition) is 2. The molecule has 0 atom stereocenters. The van der Waals surface area contributed by atoms with E-state index in [1.807, 2.05) is 41.5 Å². The van der Waals surface area contributed by atoms with Crippen molar-refractivity contribution >= 4 is 18.0 Å². The Morgan fingerprint density at radius 2 is 1.41 bits per heavy atom. The van der Waals surface area contributed by atoms with Gasteiger partial charge in [-0.15, -0.1) is 0 Å². The van der Waals surface area contributed by atoms with E-state index in [2.05, 4.69) is 6.58 Å². The van der Waals surface area contributed by atoms with Crippen LogP contribution in [-0.4, -0.2) is 22.2 Å². The molecule has 2 N–H and O–H groups in total. The molecule has 0 spiro atoms. The number of benzene rings is 1. The molecular formula is C18H24O4. The van der Waals surface area contributed by atoms with Crippen molar-refractivity contribution in [3.8, 4) is 0 Å². The van der Waals surface area contributed by atoms with Crippen molar-refractivity contribution in [3.05, 3.63) is 40.5 Å². The lowest BCUT2D eigenvalue weighted by Gasteiger charge is -2.31. The Hall–Kier alpha value is -2.10. The van der Waals surface area contributed by atoms with Gasteiger partial charge in [0.05, 0.1) is 11.1 Å². The summed E-state index contributed by atoms with van der Waals surface area (Å²) < 4.78 is 0. The van der Waals surface area contributed by atoms with E-state index in [0.717, 1.165) is 0 Å². The van der Waals surface area contributed by atoms with Gasteiger partial charge in [-0.05, 0) is 33.6 Å². The molecule has 0 fully saturated rings. The molecule has 0 aliphatic heterocycles. The molecule has 0 saturated carbocycles. The molecule has 0 aliphatic carbocycles. The zero-order valence-corrected chi connectivity index (χ0v) is 14.1. The molecule has 120 valence electrons. The lowest BCUT2D eigenvalue weighted by Crippen LogP contribution is -2.28. The van der Waals surface area contributed by atoms with Gasteiger partial charge in [0.1, 0.15) is 0 Å². The van der Waals surface area contributed by atoms with Crippen LogP contribution in [0.15, 0.2) is 12.6 Å². The number of carboxylic acids is 2. The molecule has 0 aromatic heterocycles. The first-order valence-electron chi connectivity index (χ1n) is 7.13. The van der Waals surface area contributed by atoms with E-state index in [1.54, 1.807) is 0 Å². The summed E-state index contributed by atoms with van der Waals surface area (Å²) in [4.78, 5) is 23.6. The maximum Gasteiger partial charge on any atom is 0.336 e. The monoisotopic (exact) mass is 304 g/mol. The van der Waals surface area contributed by atoms with Crippen molar-refractivity contribution < 1.29 is 19.8 Å². The topological polar surface area (TPSA) is 74.6 Å². The lowest BCUT2D eigenvalue weighted by atomic mass is 9.72. The van der Waals surface area contributed by atoms with E-state index < -0.39 is 22.8 Å². The summed E-state index contributed by atoms with van der Waals surface area (Å²) in [6.07, 6.45) is 1.52. The summed E-state index contributed by atoms with van der Waals surface area (Å²) >= 11 is 0. The molecule has 0 bridgehead atoms. The maximum absolute atomic E-state index is 12.0. The van der Waals surface area contributed by atoms with Crippen molar-refractivity contribution in [1.82, 2.24) is 0 Å². The molecule has 4 nitrogen and oxygen atoms in total. The molecule has 4 heteroatoms. The van der Waals surface area contributed by atoms with Crippen LogP contribution in [0.4, 0.5) is 0 Å². The average Bonchev–Trinajstić information content (AvgIpc) is 2.33. The van der Waals surface area contributed by atoms with Gasteiger partial charge in [0.15, 0.2) is 0 Å². The minimum Gasteiger partial charge on any atom is -0.478 e. The Bertz CT molecular complexity index is 641. The van der Waals surface area contributed by atoms with Gasteiger partial charge < -0.3 is 10.2 Å². The molecule has 0 amide bonds. The molecule has 0 heterocycles. The zero-order chi connectivity index (χ0) is 17.5. The molecule has 0 radical (unpaired) electrons. The van der Waals surface area contributed by atoms with Crippen molar-refractivity contribution in [2.24, 2.45) is 0 Å². The van der Waals surface area contributed by atoms with E-state index in [9.17, 15) is 19.8 Å². The van der Waals surface area contributed by atoms with Crippen LogP contribution >= 0.6 is 0 Å². The van der Waals surface area contributed by atoms with Crippen molar-refractivity contribution in [2.75, 3.05) is 0 Å². The van der Waals surface area contributed by atoms with Crippen LogP contribution in [0.25, 0.3) is 6.08 Å². The van der Waals surface area contributed by atoms with Gasteiger partial charge in [0.2, 0.25) is 0 Å². The molecule has 1 rings (SSSR count). The highest BCUT2D eigenvalue weighted by Gasteiger charge is 2.34. The predicted octanol–water partition coefficient (Wildman–Crippen LogP) is 4.32. The largest absolute Gasteiger partial charge is 0.478 e. The molecule has 0 saturated heterocycles. The molecule has 0 unspecified atom stereocenters. The second-order valence-electron chi connectivity index (χ2n) is 7.45. The summed E-state index contributed by atoms with van der Waals surface area (Å²) in [6, 6.07) is 1.53. The number of carboxylic acid groups (broad SMARTS) is 2. The van der Waals surface area contributed by atoms with E-state index >= 15 is 0 Å². The summed E-state index contributed by atoms with van der Waals surface area (Å²) in [5.74, 6) is -2.24. The van der Waals surface area contributed by atoms with E-state index in [1.165, 1.54) is 12.1 Å². The Labute approximate surface area is 131 Å². The number of carbonyl (C=O) groups is 2. The van der Waals surface area contributed by atoms with Gasteiger partial charge in [0.25, 0.3) is 0 Å². The molecule has 1 aromatic carbocycles. The Morgan fingerprint density at radius 3 is 1.68 bits per heavy atom. The first-order chi connectivity index (χ1) is 9.82. The van der Waals surface area contributed by atoms with Crippen LogP contribution in [0.2, 0.25) is 0 Å². The normalized spacial score (nSPS) is 12.1. The number of aromatic carboxylic acids is 2. The van der Waals surface area contributed by atoms with Crippen LogP contribution in [-0.2, 0) is 10.8 Å². The second kappa shape index (κ2) is 5.59. The first kappa shape index (κ1) is 18.0. The van der Waals surface area contributed by atoms with Crippen molar-refractivity contribution in [3.63, 3.8) is 0 Å². The fraction of sp³-hybridized carbons (Fsp3) is 0.444. The van der Waals surface area contributed by atoms with E-state index in [-0.39, 0.29) is 11.1 Å². The van der Waals surface area contributed by atoms with Crippen LogP contribution in [0.3, 0.4) is 0 Å².